The standard InChI is InChI=1S/C21H16F3NO2/c1-14-5-4-6-17(13-14)27-16-11-9-15(10-12-16)25-20(26)18-7-2-3-8-19(18)21(22,23)24/h2-13H,1H3,(H,25,26). The highest BCUT2D eigenvalue weighted by Gasteiger charge is 2.34. The van der Waals surface area contributed by atoms with Crippen molar-refractivity contribution in [2.75, 3.05) is 5.32 Å². The van der Waals surface area contributed by atoms with Crippen LogP contribution in [-0.2, 0) is 6.18 Å². The molecule has 0 atom stereocenters. The first-order chi connectivity index (χ1) is 12.8. The van der Waals surface area contributed by atoms with E-state index in [-0.39, 0.29) is 0 Å². The normalized spacial score (nSPS) is 11.1. The van der Waals surface area contributed by atoms with Crippen LogP contribution in [0.25, 0.3) is 0 Å². The molecule has 0 heterocycles. The highest BCUT2D eigenvalue weighted by atomic mass is 19.4. The van der Waals surface area contributed by atoms with E-state index in [2.05, 4.69) is 5.32 Å². The summed E-state index contributed by atoms with van der Waals surface area (Å²) in [4.78, 5) is 12.3. The number of nitrogens with one attached hydrogen (secondary N) is 1. The summed E-state index contributed by atoms with van der Waals surface area (Å²) < 4.78 is 44.8. The third kappa shape index (κ3) is 4.67. The van der Waals surface area contributed by atoms with Crippen LogP contribution in [0.2, 0.25) is 0 Å². The summed E-state index contributed by atoms with van der Waals surface area (Å²) in [6.45, 7) is 1.95. The third-order valence-electron chi connectivity index (χ3n) is 3.81. The average Bonchev–Trinajstić information content (AvgIpc) is 2.63. The minimum absolute atomic E-state index is 0.369. The van der Waals surface area contributed by atoms with Gasteiger partial charge in [0.25, 0.3) is 5.91 Å². The van der Waals surface area contributed by atoms with E-state index in [1.807, 2.05) is 31.2 Å². The van der Waals surface area contributed by atoms with Gasteiger partial charge in [0.1, 0.15) is 11.5 Å². The van der Waals surface area contributed by atoms with Crippen molar-refractivity contribution in [2.24, 2.45) is 0 Å². The van der Waals surface area contributed by atoms with E-state index >= 15 is 0 Å². The molecule has 0 aromatic heterocycles. The Morgan fingerprint density at radius 3 is 2.26 bits per heavy atom. The topological polar surface area (TPSA) is 38.3 Å². The number of carbonyl (C=O) groups is 1. The first-order valence-electron chi connectivity index (χ1n) is 8.15. The number of carbonyl (C=O) groups excluding carboxylic acids is 1. The van der Waals surface area contributed by atoms with E-state index in [1.165, 1.54) is 12.1 Å². The molecule has 138 valence electrons. The summed E-state index contributed by atoms with van der Waals surface area (Å²) in [5.41, 5.74) is 0.0280. The molecule has 0 saturated heterocycles. The SMILES string of the molecule is Cc1cccc(Oc2ccc(NC(=O)c3ccccc3C(F)(F)F)cc2)c1. The summed E-state index contributed by atoms with van der Waals surface area (Å²) in [5.74, 6) is 0.399. The summed E-state index contributed by atoms with van der Waals surface area (Å²) >= 11 is 0. The zero-order valence-electron chi connectivity index (χ0n) is 14.4. The minimum atomic E-state index is -4.60. The van der Waals surface area contributed by atoms with Crippen molar-refractivity contribution in [3.05, 3.63) is 89.5 Å². The molecule has 27 heavy (non-hydrogen) atoms. The van der Waals surface area contributed by atoms with Crippen LogP contribution in [0.15, 0.2) is 72.8 Å². The Morgan fingerprint density at radius 1 is 0.889 bits per heavy atom. The van der Waals surface area contributed by atoms with Crippen LogP contribution >= 0.6 is 0 Å². The molecule has 0 radical (unpaired) electrons. The molecule has 0 aliphatic rings. The number of anilines is 1. The van der Waals surface area contributed by atoms with Gasteiger partial charge in [0.2, 0.25) is 0 Å². The Balaban J connectivity index is 1.73. The lowest BCUT2D eigenvalue weighted by Gasteiger charge is -2.13. The molecule has 3 rings (SSSR count). The van der Waals surface area contributed by atoms with Gasteiger partial charge in [0, 0.05) is 5.69 Å². The maximum atomic E-state index is 13.0. The number of ether oxygens (including phenoxy) is 1. The van der Waals surface area contributed by atoms with Crippen molar-refractivity contribution in [1.82, 2.24) is 0 Å². The highest BCUT2D eigenvalue weighted by Crippen LogP contribution is 2.32. The smallest absolute Gasteiger partial charge is 0.417 e. The Labute approximate surface area is 154 Å². The third-order valence-corrected chi connectivity index (χ3v) is 3.81. The maximum absolute atomic E-state index is 13.0. The minimum Gasteiger partial charge on any atom is -0.457 e. The fourth-order valence-electron chi connectivity index (χ4n) is 2.55. The lowest BCUT2D eigenvalue weighted by molar-refractivity contribution is -0.137. The number of hydrogen-bond donors (Lipinski definition) is 1. The van der Waals surface area contributed by atoms with Gasteiger partial charge in [-0.25, -0.2) is 0 Å². The van der Waals surface area contributed by atoms with Gasteiger partial charge in [-0.1, -0.05) is 24.3 Å². The molecule has 1 N–H and O–H groups in total. The van der Waals surface area contributed by atoms with Crippen molar-refractivity contribution in [3.63, 3.8) is 0 Å². The predicted molar refractivity (Wildman–Crippen MR) is 97.1 cm³/mol. The summed E-state index contributed by atoms with van der Waals surface area (Å²) in [7, 11) is 0. The molecule has 0 saturated carbocycles. The first-order valence-corrected chi connectivity index (χ1v) is 8.15. The molecule has 3 nitrogen and oxygen atoms in total. The number of halogens is 3. The average molecular weight is 371 g/mol. The van der Waals surface area contributed by atoms with Crippen molar-refractivity contribution in [3.8, 4) is 11.5 Å². The number of rotatable bonds is 4. The lowest BCUT2D eigenvalue weighted by Crippen LogP contribution is -2.18. The number of alkyl halides is 3. The van der Waals surface area contributed by atoms with E-state index in [0.717, 1.165) is 17.7 Å². The van der Waals surface area contributed by atoms with Gasteiger partial charge >= 0.3 is 6.18 Å². The number of aryl methyl sites for hydroxylation is 1. The second-order valence-corrected chi connectivity index (χ2v) is 5.94. The van der Waals surface area contributed by atoms with Gasteiger partial charge in [-0.2, -0.15) is 13.2 Å². The van der Waals surface area contributed by atoms with Gasteiger partial charge in [-0.05, 0) is 61.0 Å². The molecule has 0 aliphatic heterocycles. The van der Waals surface area contributed by atoms with Gasteiger partial charge in [0.15, 0.2) is 0 Å². The van der Waals surface area contributed by atoms with Crippen LogP contribution in [0.5, 0.6) is 11.5 Å². The largest absolute Gasteiger partial charge is 0.457 e. The predicted octanol–water partition coefficient (Wildman–Crippen LogP) is 6.06. The zero-order chi connectivity index (χ0) is 19.4. The molecule has 0 bridgehead atoms. The van der Waals surface area contributed by atoms with E-state index in [4.69, 9.17) is 4.74 Å². The maximum Gasteiger partial charge on any atom is 0.417 e. The van der Waals surface area contributed by atoms with Crippen molar-refractivity contribution >= 4 is 11.6 Å². The van der Waals surface area contributed by atoms with Crippen LogP contribution in [0, 0.1) is 6.92 Å². The van der Waals surface area contributed by atoms with Crippen LogP contribution in [0.1, 0.15) is 21.5 Å². The van der Waals surface area contributed by atoms with Gasteiger partial charge in [-0.3, -0.25) is 4.79 Å². The Bertz CT molecular complexity index is 950. The van der Waals surface area contributed by atoms with Gasteiger partial charge < -0.3 is 10.1 Å². The molecule has 3 aromatic rings. The van der Waals surface area contributed by atoms with Crippen molar-refractivity contribution in [2.45, 2.75) is 13.1 Å². The van der Waals surface area contributed by atoms with E-state index < -0.39 is 23.2 Å². The Morgan fingerprint density at radius 2 is 1.59 bits per heavy atom. The molecule has 6 heteroatoms. The summed E-state index contributed by atoms with van der Waals surface area (Å²) in [5, 5.41) is 2.48. The fourth-order valence-corrected chi connectivity index (χ4v) is 2.55. The molecule has 3 aromatic carbocycles. The second kappa shape index (κ2) is 7.53. The molecule has 0 spiro atoms. The Kier molecular flexibility index (Phi) is 5.16. The zero-order valence-corrected chi connectivity index (χ0v) is 14.4. The van der Waals surface area contributed by atoms with Crippen molar-refractivity contribution < 1.29 is 22.7 Å². The van der Waals surface area contributed by atoms with Crippen LogP contribution in [0.3, 0.4) is 0 Å². The quantitative estimate of drug-likeness (QED) is 0.605. The Hall–Kier alpha value is -3.28. The molecule has 0 aliphatic carbocycles. The van der Waals surface area contributed by atoms with Crippen LogP contribution in [0.4, 0.5) is 18.9 Å². The molecule has 1 amide bonds. The molecular weight excluding hydrogens is 355 g/mol. The summed E-state index contributed by atoms with van der Waals surface area (Å²) in [6.07, 6.45) is -4.60. The van der Waals surface area contributed by atoms with E-state index in [0.29, 0.717) is 17.2 Å². The second-order valence-electron chi connectivity index (χ2n) is 5.94. The highest BCUT2D eigenvalue weighted by molar-refractivity contribution is 6.05. The first kappa shape index (κ1) is 18.5. The number of amides is 1. The lowest BCUT2D eigenvalue weighted by atomic mass is 10.1. The van der Waals surface area contributed by atoms with Crippen LogP contribution < -0.4 is 10.1 Å². The van der Waals surface area contributed by atoms with E-state index in [9.17, 15) is 18.0 Å². The van der Waals surface area contributed by atoms with Crippen molar-refractivity contribution in [1.29, 1.82) is 0 Å². The van der Waals surface area contributed by atoms with Gasteiger partial charge in [-0.15, -0.1) is 0 Å². The fraction of sp³-hybridized carbons (Fsp3) is 0.0952. The van der Waals surface area contributed by atoms with Crippen LogP contribution in [-0.4, -0.2) is 5.91 Å². The monoisotopic (exact) mass is 371 g/mol. The number of hydrogen-bond acceptors (Lipinski definition) is 2. The summed E-state index contributed by atoms with van der Waals surface area (Å²) in [6, 6.07) is 18.6. The molecule has 0 unspecified atom stereocenters. The molecular formula is C21H16F3NO2. The molecule has 0 fully saturated rings. The van der Waals surface area contributed by atoms with Gasteiger partial charge in [0.05, 0.1) is 11.1 Å². The van der Waals surface area contributed by atoms with E-state index in [1.54, 1.807) is 24.3 Å². The number of benzene rings is 3.